The van der Waals surface area contributed by atoms with E-state index < -0.39 is 15.2 Å². The van der Waals surface area contributed by atoms with Crippen molar-refractivity contribution in [2.75, 3.05) is 23.8 Å². The Morgan fingerprint density at radius 1 is 1.63 bits per heavy atom. The van der Waals surface area contributed by atoms with Gasteiger partial charge in [-0.2, -0.15) is 11.8 Å². The van der Waals surface area contributed by atoms with E-state index >= 15 is 0 Å². The van der Waals surface area contributed by atoms with E-state index in [1.807, 2.05) is 0 Å². The molecule has 1 unspecified atom stereocenters. The maximum Gasteiger partial charge on any atom is 0.259 e. The molecule has 0 bridgehead atoms. The van der Waals surface area contributed by atoms with E-state index in [0.717, 1.165) is 5.75 Å². The third-order valence-electron chi connectivity index (χ3n) is 3.01. The molecule has 1 aromatic rings. The van der Waals surface area contributed by atoms with Crippen LogP contribution in [0.5, 0.6) is 0 Å². The molecule has 0 radical (unpaired) electrons. The molecule has 5 nitrogen and oxygen atoms in total. The summed E-state index contributed by atoms with van der Waals surface area (Å²) in [5.74, 6) is 0.746. The Bertz CT molecular complexity index is 569. The number of rotatable bonds is 3. The molecule has 0 aliphatic carbocycles. The normalized spacial score (nSPS) is 20.5. The summed E-state index contributed by atoms with van der Waals surface area (Å²) in [5, 5.41) is -0.786. The van der Waals surface area contributed by atoms with E-state index in [1.165, 1.54) is 29.0 Å². The Labute approximate surface area is 121 Å². The molecule has 1 amide bonds. The van der Waals surface area contributed by atoms with Gasteiger partial charge in [-0.25, -0.2) is 8.42 Å². The number of carbonyl (C=O) groups is 1. The fourth-order valence-electron chi connectivity index (χ4n) is 1.90. The molecular formula is C11H14ClNO4S2. The first-order valence-electron chi connectivity index (χ1n) is 5.80. The predicted octanol–water partition coefficient (Wildman–Crippen LogP) is 1.88. The molecule has 2 rings (SSSR count). The molecular weight excluding hydrogens is 310 g/mol. The number of nitrogens with zero attached hydrogens (tertiary/aromatic N) is 1. The highest BCUT2D eigenvalue weighted by Gasteiger charge is 2.37. The van der Waals surface area contributed by atoms with Crippen molar-refractivity contribution in [2.45, 2.75) is 12.3 Å². The quantitative estimate of drug-likeness (QED) is 0.849. The molecule has 1 saturated heterocycles. The Morgan fingerprint density at radius 2 is 2.37 bits per heavy atom. The zero-order chi connectivity index (χ0) is 14.0. The van der Waals surface area contributed by atoms with Gasteiger partial charge in [-0.1, -0.05) is 6.92 Å². The number of sulfone groups is 1. The van der Waals surface area contributed by atoms with Crippen molar-refractivity contribution < 1.29 is 17.6 Å². The highest BCUT2D eigenvalue weighted by atomic mass is 35.5. The lowest BCUT2D eigenvalue weighted by atomic mass is 10.3. The highest BCUT2D eigenvalue weighted by molar-refractivity contribution is 8.01. The second-order valence-electron chi connectivity index (χ2n) is 4.09. The standard InChI is InChI=1S/C11H14ClNO4S2/c1-2-19(15,16)9-7-18-6-4-13(9)11(14)8-3-5-17-10(8)12/h3,5,9H,2,4,6-7H2,1H3. The van der Waals surface area contributed by atoms with Crippen molar-refractivity contribution in [2.24, 2.45) is 0 Å². The van der Waals surface area contributed by atoms with Crippen molar-refractivity contribution >= 4 is 39.1 Å². The molecule has 0 saturated carbocycles. The summed E-state index contributed by atoms with van der Waals surface area (Å²) in [6.45, 7) is 1.98. The van der Waals surface area contributed by atoms with Crippen molar-refractivity contribution in [3.63, 3.8) is 0 Å². The molecule has 1 atom stereocenters. The Hall–Kier alpha value is -0.660. The predicted molar refractivity (Wildman–Crippen MR) is 75.3 cm³/mol. The van der Waals surface area contributed by atoms with Gasteiger partial charge in [0.05, 0.1) is 11.8 Å². The van der Waals surface area contributed by atoms with E-state index in [1.54, 1.807) is 6.92 Å². The average molecular weight is 324 g/mol. The van der Waals surface area contributed by atoms with Crippen LogP contribution in [0, 0.1) is 0 Å². The maximum absolute atomic E-state index is 12.4. The summed E-state index contributed by atoms with van der Waals surface area (Å²) in [7, 11) is -3.31. The van der Waals surface area contributed by atoms with Crippen molar-refractivity contribution in [1.82, 2.24) is 4.90 Å². The van der Waals surface area contributed by atoms with Crippen LogP contribution in [0.4, 0.5) is 0 Å². The van der Waals surface area contributed by atoms with Gasteiger partial charge in [-0.05, 0) is 17.7 Å². The molecule has 2 heterocycles. The minimum absolute atomic E-state index is 0.00382. The van der Waals surface area contributed by atoms with Crippen LogP contribution in [0.1, 0.15) is 17.3 Å². The zero-order valence-corrected chi connectivity index (χ0v) is 12.7. The van der Waals surface area contributed by atoms with E-state index in [-0.39, 0.29) is 22.4 Å². The third kappa shape index (κ3) is 2.93. The molecule has 106 valence electrons. The van der Waals surface area contributed by atoms with E-state index in [9.17, 15) is 13.2 Å². The van der Waals surface area contributed by atoms with Gasteiger partial charge in [-0.3, -0.25) is 4.79 Å². The Kier molecular flexibility index (Phi) is 4.47. The first kappa shape index (κ1) is 14.7. The van der Waals surface area contributed by atoms with Crippen LogP contribution in [-0.2, 0) is 9.84 Å². The maximum atomic E-state index is 12.4. The summed E-state index contributed by atoms with van der Waals surface area (Å²) < 4.78 is 29.0. The largest absolute Gasteiger partial charge is 0.452 e. The number of hydrogen-bond acceptors (Lipinski definition) is 5. The number of carbonyl (C=O) groups excluding carboxylic acids is 1. The van der Waals surface area contributed by atoms with Crippen LogP contribution >= 0.6 is 23.4 Å². The molecule has 1 aromatic heterocycles. The number of amides is 1. The fourth-order valence-corrected chi connectivity index (χ4v) is 5.07. The topological polar surface area (TPSA) is 67.6 Å². The van der Waals surface area contributed by atoms with Gasteiger partial charge < -0.3 is 9.32 Å². The molecule has 8 heteroatoms. The Morgan fingerprint density at radius 3 is 2.95 bits per heavy atom. The lowest BCUT2D eigenvalue weighted by molar-refractivity contribution is 0.0749. The van der Waals surface area contributed by atoms with Crippen LogP contribution in [-0.4, -0.2) is 48.4 Å². The van der Waals surface area contributed by atoms with Gasteiger partial charge in [0.25, 0.3) is 5.91 Å². The molecule has 0 aromatic carbocycles. The molecule has 0 spiro atoms. The lowest BCUT2D eigenvalue weighted by Crippen LogP contribution is -2.50. The number of furan rings is 1. The highest BCUT2D eigenvalue weighted by Crippen LogP contribution is 2.26. The van der Waals surface area contributed by atoms with E-state index in [0.29, 0.717) is 12.3 Å². The SMILES string of the molecule is CCS(=O)(=O)C1CSCCN1C(=O)c1ccoc1Cl. The molecule has 1 aliphatic rings. The van der Waals surface area contributed by atoms with E-state index in [2.05, 4.69) is 0 Å². The van der Waals surface area contributed by atoms with Crippen molar-refractivity contribution in [3.8, 4) is 0 Å². The van der Waals surface area contributed by atoms with Gasteiger partial charge in [0, 0.05) is 23.8 Å². The zero-order valence-electron chi connectivity index (χ0n) is 10.3. The van der Waals surface area contributed by atoms with Gasteiger partial charge >= 0.3 is 0 Å². The molecule has 19 heavy (non-hydrogen) atoms. The second-order valence-corrected chi connectivity index (χ2v) is 8.03. The summed E-state index contributed by atoms with van der Waals surface area (Å²) >= 11 is 7.32. The molecule has 1 aliphatic heterocycles. The van der Waals surface area contributed by atoms with Crippen molar-refractivity contribution in [3.05, 3.63) is 23.1 Å². The summed E-state index contributed by atoms with van der Waals surface area (Å²) in [6, 6.07) is 1.46. The number of thioether (sulfide) groups is 1. The number of hydrogen-bond donors (Lipinski definition) is 0. The van der Waals surface area contributed by atoms with Crippen LogP contribution in [0.15, 0.2) is 16.7 Å². The van der Waals surface area contributed by atoms with Crippen LogP contribution in [0.2, 0.25) is 5.22 Å². The monoisotopic (exact) mass is 323 g/mol. The lowest BCUT2D eigenvalue weighted by Gasteiger charge is -2.34. The molecule has 0 N–H and O–H groups in total. The first-order valence-corrected chi connectivity index (χ1v) is 9.05. The van der Waals surface area contributed by atoms with Crippen LogP contribution in [0.3, 0.4) is 0 Å². The smallest absolute Gasteiger partial charge is 0.259 e. The first-order chi connectivity index (χ1) is 8.97. The fraction of sp³-hybridized carbons (Fsp3) is 0.545. The van der Waals surface area contributed by atoms with Gasteiger partial charge in [-0.15, -0.1) is 0 Å². The van der Waals surface area contributed by atoms with Gasteiger partial charge in [0.2, 0.25) is 5.22 Å². The summed E-state index contributed by atoms with van der Waals surface area (Å²) in [5.41, 5.74) is 0.213. The number of halogens is 1. The minimum atomic E-state index is -3.31. The summed E-state index contributed by atoms with van der Waals surface area (Å²) in [4.78, 5) is 13.7. The van der Waals surface area contributed by atoms with Gasteiger partial charge in [0.15, 0.2) is 9.84 Å². The molecule has 1 fully saturated rings. The van der Waals surface area contributed by atoms with Gasteiger partial charge in [0.1, 0.15) is 5.37 Å². The summed E-state index contributed by atoms with van der Waals surface area (Å²) in [6.07, 6.45) is 1.32. The van der Waals surface area contributed by atoms with Crippen LogP contribution in [0.25, 0.3) is 0 Å². The van der Waals surface area contributed by atoms with E-state index in [4.69, 9.17) is 16.0 Å². The van der Waals surface area contributed by atoms with Crippen molar-refractivity contribution in [1.29, 1.82) is 0 Å². The second kappa shape index (κ2) is 5.76. The Balaban J connectivity index is 2.31. The van der Waals surface area contributed by atoms with Crippen LogP contribution < -0.4 is 0 Å². The third-order valence-corrected chi connectivity index (χ3v) is 6.59. The average Bonchev–Trinajstić information content (AvgIpc) is 2.84. The minimum Gasteiger partial charge on any atom is -0.452 e.